The summed E-state index contributed by atoms with van der Waals surface area (Å²) in [4.78, 5) is 2.45. The molecule has 3 nitrogen and oxygen atoms in total. The van der Waals surface area contributed by atoms with Gasteiger partial charge < -0.3 is 13.9 Å². The Hall–Kier alpha value is -7.62. The molecule has 0 aliphatic rings. The maximum Gasteiger partial charge on any atom is 0.139 e. The van der Waals surface area contributed by atoms with Crippen molar-refractivity contribution < 1.29 is 4.42 Å². The number of fused-ring (bicyclic) bond motifs is 6. The maximum atomic E-state index is 6.83. The van der Waals surface area contributed by atoms with E-state index in [4.69, 9.17) is 4.42 Å². The Bertz CT molecular complexity index is 3200. The van der Waals surface area contributed by atoms with Gasteiger partial charge in [-0.3, -0.25) is 0 Å². The van der Waals surface area contributed by atoms with Crippen LogP contribution in [-0.4, -0.2) is 4.57 Å². The van der Waals surface area contributed by atoms with Crippen LogP contribution in [0.25, 0.3) is 82.8 Å². The van der Waals surface area contributed by atoms with Crippen molar-refractivity contribution in [3.05, 3.63) is 218 Å². The van der Waals surface area contributed by atoms with E-state index in [0.29, 0.717) is 0 Å². The number of aromatic nitrogens is 1. The summed E-state index contributed by atoms with van der Waals surface area (Å²) in [5.41, 5.74) is 15.2. The van der Waals surface area contributed by atoms with Crippen molar-refractivity contribution in [1.82, 2.24) is 4.57 Å². The van der Waals surface area contributed by atoms with E-state index in [9.17, 15) is 0 Å². The first-order valence-electron chi connectivity index (χ1n) is 19.4. The van der Waals surface area contributed by atoms with Crippen LogP contribution in [0.5, 0.6) is 0 Å². The molecule has 2 aromatic heterocycles. The van der Waals surface area contributed by atoms with Gasteiger partial charge in [-0.25, -0.2) is 0 Å². The molecule has 3 heteroatoms. The zero-order valence-electron chi connectivity index (χ0n) is 31.1. The average Bonchev–Trinajstić information content (AvgIpc) is 3.83. The Morgan fingerprint density at radius 1 is 0.333 bits per heavy atom. The van der Waals surface area contributed by atoms with Gasteiger partial charge in [0.2, 0.25) is 0 Å². The van der Waals surface area contributed by atoms with Crippen LogP contribution in [0, 0.1) is 0 Å². The Balaban J connectivity index is 1.28. The molecule has 2 heterocycles. The van der Waals surface area contributed by atoms with Gasteiger partial charge in [0, 0.05) is 39.3 Å². The minimum Gasteiger partial charge on any atom is -0.456 e. The number of rotatable bonds is 7. The summed E-state index contributed by atoms with van der Waals surface area (Å²) in [5.74, 6) is 0. The molecule has 0 fully saturated rings. The summed E-state index contributed by atoms with van der Waals surface area (Å²) in [6.45, 7) is 0. The predicted molar refractivity (Wildman–Crippen MR) is 239 cm³/mol. The number of hydrogen-bond acceptors (Lipinski definition) is 2. The van der Waals surface area contributed by atoms with Crippen LogP contribution < -0.4 is 4.90 Å². The monoisotopic (exact) mass is 728 g/mol. The number of nitrogens with zero attached hydrogens (tertiary/aromatic N) is 2. The van der Waals surface area contributed by atoms with Crippen molar-refractivity contribution in [3.63, 3.8) is 0 Å². The number of furan rings is 1. The van der Waals surface area contributed by atoms with Crippen molar-refractivity contribution in [2.45, 2.75) is 0 Å². The van der Waals surface area contributed by atoms with Crippen LogP contribution in [0.1, 0.15) is 0 Å². The molecule has 57 heavy (non-hydrogen) atoms. The zero-order valence-corrected chi connectivity index (χ0v) is 31.1. The van der Waals surface area contributed by atoms with Gasteiger partial charge in [-0.1, -0.05) is 164 Å². The van der Waals surface area contributed by atoms with E-state index in [1.165, 1.54) is 33.2 Å². The number of para-hydroxylation sites is 2. The Kier molecular flexibility index (Phi) is 7.82. The van der Waals surface area contributed by atoms with E-state index >= 15 is 0 Å². The molecule has 0 amide bonds. The molecular formula is C54H36N2O. The molecule has 9 aromatic carbocycles. The number of benzene rings is 9. The van der Waals surface area contributed by atoms with Gasteiger partial charge in [0.15, 0.2) is 0 Å². The van der Waals surface area contributed by atoms with Crippen molar-refractivity contribution in [1.29, 1.82) is 0 Å². The van der Waals surface area contributed by atoms with Crippen molar-refractivity contribution >= 4 is 60.8 Å². The summed E-state index contributed by atoms with van der Waals surface area (Å²) in [6.07, 6.45) is 0. The Labute approximate surface area is 330 Å². The molecule has 0 atom stereocenters. The van der Waals surface area contributed by atoms with Gasteiger partial charge in [-0.05, 0) is 81.9 Å². The fourth-order valence-electron chi connectivity index (χ4n) is 8.54. The van der Waals surface area contributed by atoms with Gasteiger partial charge in [0.05, 0.1) is 22.1 Å². The third-order valence-corrected chi connectivity index (χ3v) is 11.2. The average molecular weight is 729 g/mol. The van der Waals surface area contributed by atoms with Crippen LogP contribution in [0.3, 0.4) is 0 Å². The third-order valence-electron chi connectivity index (χ3n) is 11.2. The second-order valence-corrected chi connectivity index (χ2v) is 14.5. The molecule has 0 unspecified atom stereocenters. The maximum absolute atomic E-state index is 6.83. The molecule has 0 aliphatic carbocycles. The lowest BCUT2D eigenvalue weighted by molar-refractivity contribution is 0.669. The fraction of sp³-hybridized carbons (Fsp3) is 0. The Morgan fingerprint density at radius 3 is 1.56 bits per heavy atom. The molecule has 0 spiro atoms. The van der Waals surface area contributed by atoms with Gasteiger partial charge in [-0.2, -0.15) is 0 Å². The molecule has 11 rings (SSSR count). The second-order valence-electron chi connectivity index (χ2n) is 14.5. The van der Waals surface area contributed by atoms with Crippen molar-refractivity contribution in [2.75, 3.05) is 4.90 Å². The van der Waals surface area contributed by atoms with Crippen LogP contribution in [0.4, 0.5) is 17.1 Å². The molecule has 0 N–H and O–H groups in total. The lowest BCUT2D eigenvalue weighted by Crippen LogP contribution is -2.11. The van der Waals surface area contributed by atoms with Crippen molar-refractivity contribution in [2.24, 2.45) is 0 Å². The predicted octanol–water partition coefficient (Wildman–Crippen LogP) is 15.2. The fourth-order valence-corrected chi connectivity index (χ4v) is 8.54. The highest BCUT2D eigenvalue weighted by molar-refractivity contribution is 6.28. The molecule has 0 saturated heterocycles. The first-order chi connectivity index (χ1) is 28.3. The van der Waals surface area contributed by atoms with E-state index in [2.05, 4.69) is 228 Å². The highest BCUT2D eigenvalue weighted by Crippen LogP contribution is 2.51. The van der Waals surface area contributed by atoms with Crippen LogP contribution in [0.2, 0.25) is 0 Å². The molecule has 0 aliphatic heterocycles. The van der Waals surface area contributed by atoms with E-state index in [-0.39, 0.29) is 0 Å². The lowest BCUT2D eigenvalue weighted by atomic mass is 9.99. The zero-order chi connectivity index (χ0) is 37.7. The van der Waals surface area contributed by atoms with Gasteiger partial charge in [0.1, 0.15) is 11.2 Å². The van der Waals surface area contributed by atoms with E-state index in [0.717, 1.165) is 66.7 Å². The third kappa shape index (κ3) is 5.60. The molecule has 11 aromatic rings. The van der Waals surface area contributed by atoms with Crippen LogP contribution in [-0.2, 0) is 0 Å². The highest BCUT2D eigenvalue weighted by atomic mass is 16.3. The summed E-state index contributed by atoms with van der Waals surface area (Å²) in [6, 6.07) is 78.1. The molecule has 268 valence electrons. The summed E-state index contributed by atoms with van der Waals surface area (Å²) in [5, 5.41) is 4.48. The van der Waals surface area contributed by atoms with E-state index in [1.54, 1.807) is 0 Å². The topological polar surface area (TPSA) is 21.3 Å². The molecule has 0 bridgehead atoms. The van der Waals surface area contributed by atoms with Gasteiger partial charge in [0.25, 0.3) is 0 Å². The highest BCUT2D eigenvalue weighted by Gasteiger charge is 2.27. The summed E-state index contributed by atoms with van der Waals surface area (Å²) in [7, 11) is 0. The second kappa shape index (κ2) is 13.6. The molecular weight excluding hydrogens is 693 g/mol. The number of hydrogen-bond donors (Lipinski definition) is 0. The standard InChI is InChI=1S/C54H36N2O/c1-5-16-37(17-6-1)40-28-31-44(32-29-40)55(45-25-15-22-41(34-45)38-18-7-2-8-19-38)54-52-46-33-30-42(39-20-9-3-10-21-39)35-48(46)56(43-23-11-4-12-24-43)49(52)36-51-53(54)47-26-13-14-27-50(47)57-51/h1-36H. The number of anilines is 3. The molecule has 0 radical (unpaired) electrons. The lowest BCUT2D eigenvalue weighted by Gasteiger charge is -2.28. The quantitative estimate of drug-likeness (QED) is 0.163. The Morgan fingerprint density at radius 2 is 0.877 bits per heavy atom. The summed E-state index contributed by atoms with van der Waals surface area (Å²) < 4.78 is 9.24. The first-order valence-corrected chi connectivity index (χ1v) is 19.4. The largest absolute Gasteiger partial charge is 0.456 e. The molecule has 0 saturated carbocycles. The van der Waals surface area contributed by atoms with E-state index in [1.807, 2.05) is 0 Å². The van der Waals surface area contributed by atoms with Crippen molar-refractivity contribution in [3.8, 4) is 39.1 Å². The van der Waals surface area contributed by atoms with Gasteiger partial charge in [-0.15, -0.1) is 0 Å². The van der Waals surface area contributed by atoms with Crippen LogP contribution in [0.15, 0.2) is 223 Å². The van der Waals surface area contributed by atoms with Gasteiger partial charge >= 0.3 is 0 Å². The first kappa shape index (κ1) is 32.8. The van der Waals surface area contributed by atoms with E-state index < -0.39 is 0 Å². The normalized spacial score (nSPS) is 11.5. The summed E-state index contributed by atoms with van der Waals surface area (Å²) >= 11 is 0. The minimum atomic E-state index is 0.840. The minimum absolute atomic E-state index is 0.840. The van der Waals surface area contributed by atoms with Crippen LogP contribution >= 0.6 is 0 Å². The smallest absolute Gasteiger partial charge is 0.139 e. The SMILES string of the molecule is c1ccc(-c2ccc(N(c3cccc(-c4ccccc4)c3)c3c4c(cc5c3c3ccc(-c6ccccc6)cc3n5-c3ccccc3)oc3ccccc34)cc2)cc1.